The number of Topliss-reactive ketones (excluding diaryl/α,β-unsaturated/α-hetero) is 1. The molecule has 20 heteroatoms. The summed E-state index contributed by atoms with van der Waals surface area (Å²) in [6, 6.07) is 25.0. The quantitative estimate of drug-likeness (QED) is 0.0676. The number of benzene rings is 4. The van der Waals surface area contributed by atoms with Crippen molar-refractivity contribution in [3.05, 3.63) is 149 Å². The number of halogens is 6. The molecule has 0 saturated carbocycles. The molecule has 0 spiro atoms. The number of anilines is 5. The number of fused-ring (bicyclic) bond motifs is 2. The Bertz CT molecular complexity index is 2760. The van der Waals surface area contributed by atoms with Crippen LogP contribution in [0.2, 0.25) is 0 Å². The molecule has 0 aliphatic carbocycles. The first kappa shape index (κ1) is 45.2. The van der Waals surface area contributed by atoms with Gasteiger partial charge in [0.05, 0.1) is 22.2 Å². The van der Waals surface area contributed by atoms with Gasteiger partial charge in [0.25, 0.3) is 0 Å². The number of hydrogen-bond acceptors (Lipinski definition) is 13. The van der Waals surface area contributed by atoms with E-state index < -0.39 is 36.1 Å². The summed E-state index contributed by atoms with van der Waals surface area (Å²) >= 11 is 3.05. The Morgan fingerprint density at radius 1 is 0.603 bits per heavy atom. The lowest BCUT2D eigenvalue weighted by molar-refractivity contribution is -0.139. The van der Waals surface area contributed by atoms with Gasteiger partial charge in [0.15, 0.2) is 22.7 Å². The minimum Gasteiger partial charge on any atom is -0.485 e. The molecule has 4 heterocycles. The molecule has 0 atom stereocenters. The smallest absolute Gasteiger partial charge is 0.418 e. The van der Waals surface area contributed by atoms with Crippen LogP contribution in [0.5, 0.6) is 11.5 Å². The standard InChI is InChI=1S/C22H16F3N3O2S.C12H8F3NO3.C9H9N3S/c23-22(24,25)18-3-1-2-17-19(8-9-26-20(17)18)30-13-16(29)12-14-4-6-15(7-5-14)28-21-27-10-11-31-21;13-12(14,15)8-3-1-2-7-9(19-6-10(17)18)4-5-16-11(7)8;10-7-1-3-8(4-2-7)12-9-11-5-6-13-9/h1-11H,12-13H2,(H,27,28);1-5H,6H2,(H,17,18);1-6H,10H2,(H,11,12). The Hall–Kier alpha value is -7.32. The number of nitrogens with zero attached hydrogens (tertiary/aromatic N) is 4. The number of nitrogen functional groups attached to an aromatic ring is 1. The zero-order valence-corrected chi connectivity index (χ0v) is 34.0. The third-order valence-corrected chi connectivity index (χ3v) is 9.82. The topological polar surface area (TPSA) is 174 Å². The lowest BCUT2D eigenvalue weighted by Gasteiger charge is -2.12. The van der Waals surface area contributed by atoms with Crippen LogP contribution in [0.3, 0.4) is 0 Å². The van der Waals surface area contributed by atoms with E-state index >= 15 is 0 Å². The molecule has 324 valence electrons. The van der Waals surface area contributed by atoms with Crippen LogP contribution in [0.25, 0.3) is 21.8 Å². The average molecular weight is 906 g/mol. The first-order chi connectivity index (χ1) is 30.1. The number of ketones is 1. The molecule has 0 amide bonds. The van der Waals surface area contributed by atoms with Crippen LogP contribution >= 0.6 is 22.7 Å². The fraction of sp³-hybridized carbons (Fsp3) is 0.116. The minimum atomic E-state index is -4.53. The molecule has 0 bridgehead atoms. The number of ether oxygens (including phenoxy) is 2. The maximum Gasteiger partial charge on any atom is 0.418 e. The van der Waals surface area contributed by atoms with Gasteiger partial charge in [-0.05, 0) is 78.4 Å². The van der Waals surface area contributed by atoms with Crippen molar-refractivity contribution in [2.45, 2.75) is 18.8 Å². The van der Waals surface area contributed by atoms with Gasteiger partial charge >= 0.3 is 18.3 Å². The number of pyridine rings is 2. The van der Waals surface area contributed by atoms with Crippen LogP contribution in [0.15, 0.2) is 133 Å². The first-order valence-electron chi connectivity index (χ1n) is 18.3. The highest BCUT2D eigenvalue weighted by Crippen LogP contribution is 2.37. The van der Waals surface area contributed by atoms with E-state index in [1.807, 2.05) is 59.3 Å². The Morgan fingerprint density at radius 3 is 1.49 bits per heavy atom. The summed E-state index contributed by atoms with van der Waals surface area (Å²) < 4.78 is 88.4. The Kier molecular flexibility index (Phi) is 14.7. The molecule has 5 N–H and O–H groups in total. The van der Waals surface area contributed by atoms with Crippen LogP contribution in [-0.4, -0.2) is 50.0 Å². The summed E-state index contributed by atoms with van der Waals surface area (Å²) in [7, 11) is 0. The third kappa shape index (κ3) is 12.8. The van der Waals surface area contributed by atoms with Crippen molar-refractivity contribution in [1.29, 1.82) is 0 Å². The molecule has 63 heavy (non-hydrogen) atoms. The van der Waals surface area contributed by atoms with Crippen molar-refractivity contribution in [2.24, 2.45) is 0 Å². The second-order valence-corrected chi connectivity index (χ2v) is 14.7. The predicted molar refractivity (Wildman–Crippen MR) is 229 cm³/mol. The number of carboxylic acid groups (broad SMARTS) is 1. The van der Waals surface area contributed by atoms with Gasteiger partial charge in [0, 0.05) is 69.8 Å². The number of thiazole rings is 2. The highest BCUT2D eigenvalue weighted by Gasteiger charge is 2.34. The van der Waals surface area contributed by atoms with E-state index in [9.17, 15) is 35.9 Å². The zero-order valence-electron chi connectivity index (χ0n) is 32.4. The molecule has 4 aromatic heterocycles. The molecule has 4 aromatic carbocycles. The molecule has 0 aliphatic heterocycles. The molecular formula is C43H33F6N7O5S2. The summed E-state index contributed by atoms with van der Waals surface area (Å²) in [5.74, 6) is -1.17. The highest BCUT2D eigenvalue weighted by atomic mass is 32.1. The number of aromatic nitrogens is 4. The van der Waals surface area contributed by atoms with E-state index in [2.05, 4.69) is 30.6 Å². The van der Waals surface area contributed by atoms with Crippen LogP contribution in [0, 0.1) is 0 Å². The monoisotopic (exact) mass is 905 g/mol. The van der Waals surface area contributed by atoms with Crippen molar-refractivity contribution in [1.82, 2.24) is 19.9 Å². The van der Waals surface area contributed by atoms with E-state index in [1.54, 1.807) is 23.7 Å². The minimum absolute atomic E-state index is 0.0542. The number of carbonyl (C=O) groups excluding carboxylic acids is 1. The molecule has 0 saturated heterocycles. The number of carbonyl (C=O) groups is 2. The van der Waals surface area contributed by atoms with Crippen molar-refractivity contribution in [3.8, 4) is 11.5 Å². The fourth-order valence-corrected chi connectivity index (χ4v) is 6.77. The van der Waals surface area contributed by atoms with Gasteiger partial charge in [-0.15, -0.1) is 22.7 Å². The molecule has 0 fully saturated rings. The van der Waals surface area contributed by atoms with Crippen molar-refractivity contribution in [3.63, 3.8) is 0 Å². The van der Waals surface area contributed by atoms with E-state index in [0.29, 0.717) is 0 Å². The Labute approximate surface area is 362 Å². The Morgan fingerprint density at radius 2 is 1.06 bits per heavy atom. The van der Waals surface area contributed by atoms with Crippen LogP contribution in [-0.2, 0) is 28.4 Å². The number of alkyl halides is 6. The van der Waals surface area contributed by atoms with Crippen molar-refractivity contribution >= 4 is 83.6 Å². The van der Waals surface area contributed by atoms with E-state index in [0.717, 1.165) is 51.2 Å². The van der Waals surface area contributed by atoms with Gasteiger partial charge in [-0.2, -0.15) is 26.3 Å². The maximum absolute atomic E-state index is 13.2. The second-order valence-electron chi connectivity index (χ2n) is 12.9. The lowest BCUT2D eigenvalue weighted by atomic mass is 10.1. The summed E-state index contributed by atoms with van der Waals surface area (Å²) in [4.78, 5) is 38.5. The highest BCUT2D eigenvalue weighted by molar-refractivity contribution is 7.14. The number of carboxylic acids is 1. The number of hydrogen-bond donors (Lipinski definition) is 4. The fourth-order valence-electron chi connectivity index (χ4n) is 5.68. The van der Waals surface area contributed by atoms with Crippen molar-refractivity contribution in [2.75, 3.05) is 29.6 Å². The van der Waals surface area contributed by atoms with Gasteiger partial charge < -0.3 is 30.9 Å². The summed E-state index contributed by atoms with van der Waals surface area (Å²) in [6.07, 6.45) is -3.05. The molecule has 8 aromatic rings. The van der Waals surface area contributed by atoms with Crippen LogP contribution in [0.1, 0.15) is 16.7 Å². The Balaban J connectivity index is 0.000000175. The van der Waals surface area contributed by atoms with Gasteiger partial charge in [-0.1, -0.05) is 24.3 Å². The third-order valence-electron chi connectivity index (χ3n) is 8.45. The second kappa shape index (κ2) is 20.5. The SMILES string of the molecule is Nc1ccc(Nc2nccs2)cc1.O=C(COc1ccnc2c(C(F)(F)F)cccc12)Cc1ccc(Nc2nccs2)cc1.O=C(O)COc1ccnc2c(C(F)(F)F)cccc12. The lowest BCUT2D eigenvalue weighted by Crippen LogP contribution is -2.14. The van der Waals surface area contributed by atoms with Crippen LogP contribution < -0.4 is 25.8 Å². The van der Waals surface area contributed by atoms with Gasteiger partial charge in [-0.3, -0.25) is 14.8 Å². The van der Waals surface area contributed by atoms with Gasteiger partial charge in [0.2, 0.25) is 0 Å². The van der Waals surface area contributed by atoms with E-state index in [4.69, 9.17) is 20.3 Å². The molecule has 0 unspecified atom stereocenters. The number of rotatable bonds is 12. The number of para-hydroxylation sites is 2. The molecular weight excluding hydrogens is 873 g/mol. The summed E-state index contributed by atoms with van der Waals surface area (Å²) in [5.41, 5.74) is 6.79. The summed E-state index contributed by atoms with van der Waals surface area (Å²) in [6.45, 7) is -0.885. The first-order valence-corrected chi connectivity index (χ1v) is 20.1. The maximum atomic E-state index is 13.2. The van der Waals surface area contributed by atoms with E-state index in [-0.39, 0.29) is 52.1 Å². The summed E-state index contributed by atoms with van der Waals surface area (Å²) in [5, 5.41) is 20.6. The predicted octanol–water partition coefficient (Wildman–Crippen LogP) is 10.8. The normalized spacial score (nSPS) is 11.1. The molecule has 12 nitrogen and oxygen atoms in total. The molecule has 0 aliphatic rings. The number of nitrogens with two attached hydrogens (primary N) is 1. The number of nitrogens with one attached hydrogen (secondary N) is 2. The van der Waals surface area contributed by atoms with Crippen molar-refractivity contribution < 1.29 is 50.5 Å². The van der Waals surface area contributed by atoms with Gasteiger partial charge in [-0.25, -0.2) is 14.8 Å². The molecule has 8 rings (SSSR count). The van der Waals surface area contributed by atoms with Gasteiger partial charge in [0.1, 0.15) is 18.1 Å². The zero-order chi connectivity index (χ0) is 45.0. The molecule has 0 radical (unpaired) electrons. The van der Waals surface area contributed by atoms with Crippen LogP contribution in [0.4, 0.5) is 53.7 Å². The number of aliphatic carboxylic acids is 1. The average Bonchev–Trinajstić information content (AvgIpc) is 3.98. The van der Waals surface area contributed by atoms with E-state index in [1.165, 1.54) is 53.9 Å². The largest absolute Gasteiger partial charge is 0.485 e.